The van der Waals surface area contributed by atoms with Crippen molar-refractivity contribution in [3.8, 4) is 6.07 Å². The number of aliphatic carboxylic acids is 1. The van der Waals surface area contributed by atoms with Crippen LogP contribution in [0.5, 0.6) is 0 Å². The molecule has 1 saturated heterocycles. The third-order valence-corrected chi connectivity index (χ3v) is 5.09. The number of benzene rings is 1. The van der Waals surface area contributed by atoms with Crippen molar-refractivity contribution in [2.75, 3.05) is 13.1 Å². The number of nitro benzene ring substituents is 1. The predicted molar refractivity (Wildman–Crippen MR) is 94.4 cm³/mol. The second-order valence-electron chi connectivity index (χ2n) is 6.59. The fraction of sp³-hybridized carbons (Fsp3) is 0.368. The summed E-state index contributed by atoms with van der Waals surface area (Å²) in [6.07, 6.45) is 8.96. The quantitative estimate of drug-likeness (QED) is 0.658. The van der Waals surface area contributed by atoms with Crippen molar-refractivity contribution < 1.29 is 14.8 Å². The Bertz CT molecular complexity index is 847. The van der Waals surface area contributed by atoms with Gasteiger partial charge in [0.2, 0.25) is 0 Å². The van der Waals surface area contributed by atoms with Gasteiger partial charge in [-0.1, -0.05) is 12.2 Å². The minimum absolute atomic E-state index is 0.0149. The van der Waals surface area contributed by atoms with Crippen LogP contribution in [0, 0.1) is 21.4 Å². The van der Waals surface area contributed by atoms with Crippen LogP contribution >= 0.6 is 0 Å². The first kappa shape index (κ1) is 17.7. The maximum Gasteiger partial charge on any atom is 0.318 e. The highest BCUT2D eigenvalue weighted by molar-refractivity contribution is 5.86. The Morgan fingerprint density at radius 1 is 1.31 bits per heavy atom. The average Bonchev–Trinajstić information content (AvgIpc) is 2.68. The molecule has 1 heterocycles. The van der Waals surface area contributed by atoms with Crippen LogP contribution in [0.3, 0.4) is 0 Å². The molecule has 1 atom stereocenters. The minimum atomic E-state index is -1.39. The molecule has 3 rings (SSSR count). The van der Waals surface area contributed by atoms with Crippen LogP contribution in [0.2, 0.25) is 0 Å². The molecule has 0 spiro atoms. The van der Waals surface area contributed by atoms with E-state index in [2.05, 4.69) is 4.90 Å². The summed E-state index contributed by atoms with van der Waals surface area (Å²) in [5.41, 5.74) is -0.319. The van der Waals surface area contributed by atoms with E-state index < -0.39 is 16.3 Å². The molecule has 134 valence electrons. The van der Waals surface area contributed by atoms with Gasteiger partial charge >= 0.3 is 5.97 Å². The molecule has 1 aromatic carbocycles. The molecule has 1 N–H and O–H groups in total. The van der Waals surface area contributed by atoms with E-state index >= 15 is 0 Å². The van der Waals surface area contributed by atoms with E-state index in [1.165, 1.54) is 18.6 Å². The number of carbonyl (C=O) groups is 1. The van der Waals surface area contributed by atoms with Gasteiger partial charge in [-0.25, -0.2) is 0 Å². The van der Waals surface area contributed by atoms with Crippen molar-refractivity contribution in [2.45, 2.75) is 31.1 Å². The maximum atomic E-state index is 12.1. The standard InChI is InChI=1S/C19H19N3O4/c20-13-14-12-16(22(25)26)4-5-17(14)19(18(23)24)8-6-15(7-9-19)21-10-2-1-3-11-21/h4-8,12H,1-3,9-11H2,(H,23,24). The number of allylic oxidation sites excluding steroid dienone is 2. The van der Waals surface area contributed by atoms with Crippen LogP contribution in [-0.2, 0) is 10.2 Å². The van der Waals surface area contributed by atoms with E-state index in [0.717, 1.165) is 37.7 Å². The first-order valence-electron chi connectivity index (χ1n) is 8.55. The fourth-order valence-electron chi connectivity index (χ4n) is 3.62. The van der Waals surface area contributed by atoms with E-state index in [1.807, 2.05) is 12.1 Å². The summed E-state index contributed by atoms with van der Waals surface area (Å²) < 4.78 is 0. The van der Waals surface area contributed by atoms with Crippen molar-refractivity contribution in [3.63, 3.8) is 0 Å². The molecule has 0 aromatic heterocycles. The average molecular weight is 353 g/mol. The van der Waals surface area contributed by atoms with E-state index in [4.69, 9.17) is 0 Å². The van der Waals surface area contributed by atoms with Crippen LogP contribution in [-0.4, -0.2) is 34.0 Å². The van der Waals surface area contributed by atoms with Crippen molar-refractivity contribution in [3.05, 3.63) is 63.4 Å². The monoisotopic (exact) mass is 353 g/mol. The van der Waals surface area contributed by atoms with E-state index in [9.17, 15) is 25.3 Å². The van der Waals surface area contributed by atoms with Gasteiger partial charge in [-0.3, -0.25) is 14.9 Å². The lowest BCUT2D eigenvalue weighted by atomic mass is 9.73. The van der Waals surface area contributed by atoms with Crippen LogP contribution in [0.15, 0.2) is 42.1 Å². The Morgan fingerprint density at radius 2 is 2.04 bits per heavy atom. The third-order valence-electron chi connectivity index (χ3n) is 5.09. The second-order valence-corrected chi connectivity index (χ2v) is 6.59. The molecule has 1 aromatic rings. The second kappa shape index (κ2) is 7.00. The molecule has 0 amide bonds. The number of hydrogen-bond acceptors (Lipinski definition) is 5. The zero-order valence-electron chi connectivity index (χ0n) is 14.2. The van der Waals surface area contributed by atoms with E-state index in [-0.39, 0.29) is 23.2 Å². The molecular formula is C19H19N3O4. The lowest BCUT2D eigenvalue weighted by molar-refractivity contribution is -0.384. The SMILES string of the molecule is N#Cc1cc([N+](=O)[O-])ccc1C1(C(=O)O)C=CC(N2CCCCC2)=CC1. The number of likely N-dealkylation sites (tertiary alicyclic amines) is 1. The Hall–Kier alpha value is -3.14. The molecule has 2 aliphatic rings. The molecule has 1 fully saturated rings. The minimum Gasteiger partial charge on any atom is -0.480 e. The topological polar surface area (TPSA) is 107 Å². The largest absolute Gasteiger partial charge is 0.480 e. The molecule has 1 aliphatic carbocycles. The molecule has 7 nitrogen and oxygen atoms in total. The Balaban J connectivity index is 1.98. The molecule has 1 unspecified atom stereocenters. The highest BCUT2D eigenvalue weighted by Gasteiger charge is 2.41. The Kier molecular flexibility index (Phi) is 4.76. The number of piperidine rings is 1. The number of carboxylic acids is 1. The molecule has 1 aliphatic heterocycles. The Morgan fingerprint density at radius 3 is 2.58 bits per heavy atom. The number of hydrogen-bond donors (Lipinski definition) is 1. The van der Waals surface area contributed by atoms with Crippen molar-refractivity contribution in [1.29, 1.82) is 5.26 Å². The summed E-state index contributed by atoms with van der Waals surface area (Å²) >= 11 is 0. The molecule has 26 heavy (non-hydrogen) atoms. The molecule has 7 heteroatoms. The number of nitriles is 1. The van der Waals surface area contributed by atoms with Gasteiger partial charge in [0.1, 0.15) is 5.41 Å². The van der Waals surface area contributed by atoms with E-state index in [0.29, 0.717) is 0 Å². The first-order valence-corrected chi connectivity index (χ1v) is 8.55. The fourth-order valence-corrected chi connectivity index (χ4v) is 3.62. The van der Waals surface area contributed by atoms with Crippen LogP contribution in [0.25, 0.3) is 0 Å². The summed E-state index contributed by atoms with van der Waals surface area (Å²) in [7, 11) is 0. The number of carboxylic acid groups (broad SMARTS) is 1. The summed E-state index contributed by atoms with van der Waals surface area (Å²) in [6, 6.07) is 5.68. The number of non-ortho nitro benzene ring substituents is 1. The van der Waals surface area contributed by atoms with Gasteiger partial charge < -0.3 is 10.0 Å². The highest BCUT2D eigenvalue weighted by atomic mass is 16.6. The molecular weight excluding hydrogens is 334 g/mol. The van der Waals surface area contributed by atoms with Gasteiger partial charge in [0.25, 0.3) is 5.69 Å². The summed E-state index contributed by atoms with van der Waals surface area (Å²) in [6.45, 7) is 1.91. The lowest BCUT2D eigenvalue weighted by Gasteiger charge is -2.34. The zero-order chi connectivity index (χ0) is 18.7. The van der Waals surface area contributed by atoms with Crippen molar-refractivity contribution in [2.24, 2.45) is 0 Å². The Labute approximate surface area is 151 Å². The van der Waals surface area contributed by atoms with E-state index in [1.54, 1.807) is 12.2 Å². The number of nitrogens with zero attached hydrogens (tertiary/aromatic N) is 3. The van der Waals surface area contributed by atoms with Gasteiger partial charge in [0, 0.05) is 30.9 Å². The number of rotatable bonds is 4. The van der Waals surface area contributed by atoms with Crippen LogP contribution < -0.4 is 0 Å². The normalized spacial score (nSPS) is 22.4. The lowest BCUT2D eigenvalue weighted by Crippen LogP contribution is -2.37. The summed E-state index contributed by atoms with van der Waals surface area (Å²) in [5.74, 6) is -1.08. The number of nitro groups is 1. The van der Waals surface area contributed by atoms with Crippen molar-refractivity contribution >= 4 is 11.7 Å². The predicted octanol–water partition coefficient (Wildman–Crippen LogP) is 3.12. The van der Waals surface area contributed by atoms with Gasteiger partial charge in [-0.05, 0) is 43.4 Å². The van der Waals surface area contributed by atoms with Gasteiger partial charge in [-0.2, -0.15) is 5.26 Å². The highest BCUT2D eigenvalue weighted by Crippen LogP contribution is 2.38. The zero-order valence-corrected chi connectivity index (χ0v) is 14.2. The smallest absolute Gasteiger partial charge is 0.318 e. The maximum absolute atomic E-state index is 12.1. The van der Waals surface area contributed by atoms with Gasteiger partial charge in [-0.15, -0.1) is 0 Å². The van der Waals surface area contributed by atoms with Crippen LogP contribution in [0.1, 0.15) is 36.8 Å². The summed E-state index contributed by atoms with van der Waals surface area (Å²) in [5, 5.41) is 30.2. The van der Waals surface area contributed by atoms with Crippen LogP contribution in [0.4, 0.5) is 5.69 Å². The third kappa shape index (κ3) is 3.06. The molecule has 0 bridgehead atoms. The summed E-state index contributed by atoms with van der Waals surface area (Å²) in [4.78, 5) is 24.7. The first-order chi connectivity index (χ1) is 12.5. The van der Waals surface area contributed by atoms with Crippen molar-refractivity contribution in [1.82, 2.24) is 4.90 Å². The molecule has 0 saturated carbocycles. The van der Waals surface area contributed by atoms with Gasteiger partial charge in [0.05, 0.1) is 16.6 Å². The van der Waals surface area contributed by atoms with Gasteiger partial charge in [0.15, 0.2) is 0 Å². The molecule has 0 radical (unpaired) electrons.